The van der Waals surface area contributed by atoms with Crippen LogP contribution in [0.4, 0.5) is 5.69 Å². The Bertz CT molecular complexity index is 511. The summed E-state index contributed by atoms with van der Waals surface area (Å²) in [5.74, 6) is 0.611. The molecular formula is C14H16BrNO3. The van der Waals surface area contributed by atoms with Gasteiger partial charge in [-0.1, -0.05) is 22.0 Å². The lowest BCUT2D eigenvalue weighted by Gasteiger charge is -2.30. The summed E-state index contributed by atoms with van der Waals surface area (Å²) in [4.78, 5) is 11.5. The summed E-state index contributed by atoms with van der Waals surface area (Å²) in [6.45, 7) is 3.02. The maximum Gasteiger partial charge on any atom is 0.262 e. The van der Waals surface area contributed by atoms with E-state index in [1.165, 1.54) is 0 Å². The van der Waals surface area contributed by atoms with Crippen molar-refractivity contribution in [3.8, 4) is 5.75 Å². The first-order valence-electron chi connectivity index (χ1n) is 6.43. The molecule has 0 aromatic heterocycles. The third-order valence-electron chi connectivity index (χ3n) is 3.71. The van der Waals surface area contributed by atoms with Crippen LogP contribution in [-0.2, 0) is 9.53 Å². The first-order valence-corrected chi connectivity index (χ1v) is 7.35. The van der Waals surface area contributed by atoms with E-state index in [0.29, 0.717) is 0 Å². The smallest absolute Gasteiger partial charge is 0.262 e. The average Bonchev–Trinajstić information content (AvgIpc) is 2.85. The zero-order chi connectivity index (χ0) is 13.5. The Morgan fingerprint density at radius 1 is 1.47 bits per heavy atom. The first-order chi connectivity index (χ1) is 9.08. The molecule has 0 radical (unpaired) electrons. The number of nitrogens with one attached hydrogen (secondary N) is 1. The SMILES string of the molecule is CC1(C(Br)c2ccc3c(c2)NC(=O)CO3)CCCO1. The molecule has 3 rings (SSSR count). The number of hydrogen-bond acceptors (Lipinski definition) is 3. The van der Waals surface area contributed by atoms with Crippen LogP contribution in [0.2, 0.25) is 0 Å². The minimum absolute atomic E-state index is 0.0882. The maximum atomic E-state index is 11.4. The number of ether oxygens (including phenoxy) is 2. The molecule has 19 heavy (non-hydrogen) atoms. The normalized spacial score (nSPS) is 27.4. The molecule has 1 fully saturated rings. The number of rotatable bonds is 2. The van der Waals surface area contributed by atoms with Gasteiger partial charge in [0.15, 0.2) is 6.61 Å². The van der Waals surface area contributed by atoms with Crippen molar-refractivity contribution in [2.24, 2.45) is 0 Å². The van der Waals surface area contributed by atoms with Gasteiger partial charge in [-0.25, -0.2) is 0 Å². The first kappa shape index (κ1) is 12.9. The largest absolute Gasteiger partial charge is 0.482 e. The molecule has 1 aromatic rings. The number of fused-ring (bicyclic) bond motifs is 1. The molecule has 102 valence electrons. The molecule has 2 aliphatic rings. The Morgan fingerprint density at radius 2 is 2.32 bits per heavy atom. The highest BCUT2D eigenvalue weighted by Crippen LogP contribution is 2.44. The van der Waals surface area contributed by atoms with Crippen molar-refractivity contribution in [3.63, 3.8) is 0 Å². The molecule has 1 aromatic carbocycles. The fourth-order valence-corrected chi connectivity index (χ4v) is 3.26. The Labute approximate surface area is 120 Å². The number of alkyl halides is 1. The van der Waals surface area contributed by atoms with Crippen molar-refractivity contribution in [1.82, 2.24) is 0 Å². The van der Waals surface area contributed by atoms with Crippen molar-refractivity contribution in [3.05, 3.63) is 23.8 Å². The molecule has 2 unspecified atom stereocenters. The number of carbonyl (C=O) groups is 1. The molecule has 4 nitrogen and oxygen atoms in total. The van der Waals surface area contributed by atoms with Gasteiger partial charge in [-0.2, -0.15) is 0 Å². The fraction of sp³-hybridized carbons (Fsp3) is 0.500. The van der Waals surface area contributed by atoms with Gasteiger partial charge < -0.3 is 14.8 Å². The van der Waals surface area contributed by atoms with Gasteiger partial charge in [-0.3, -0.25) is 4.79 Å². The standard InChI is InChI=1S/C14H16BrNO3/c1-14(5-2-6-19-14)13(15)9-3-4-11-10(7-9)16-12(17)8-18-11/h3-4,7,13H,2,5-6,8H2,1H3,(H,16,17). The van der Waals surface area contributed by atoms with Gasteiger partial charge in [0.05, 0.1) is 16.1 Å². The summed E-state index contributed by atoms with van der Waals surface area (Å²) in [7, 11) is 0. The number of hydrogen-bond donors (Lipinski definition) is 1. The maximum absolute atomic E-state index is 11.4. The second kappa shape index (κ2) is 4.80. The average molecular weight is 326 g/mol. The zero-order valence-corrected chi connectivity index (χ0v) is 12.3. The van der Waals surface area contributed by atoms with Gasteiger partial charge in [0.25, 0.3) is 5.91 Å². The second-order valence-electron chi connectivity index (χ2n) is 5.22. The summed E-state index contributed by atoms with van der Waals surface area (Å²) in [5.41, 5.74) is 1.64. The molecule has 2 aliphatic heterocycles. The van der Waals surface area contributed by atoms with E-state index in [4.69, 9.17) is 9.47 Å². The number of amides is 1. The number of halogens is 1. The van der Waals surface area contributed by atoms with Crippen LogP contribution in [0.3, 0.4) is 0 Å². The lowest BCUT2D eigenvalue weighted by molar-refractivity contribution is -0.118. The van der Waals surface area contributed by atoms with Gasteiger partial charge >= 0.3 is 0 Å². The van der Waals surface area contributed by atoms with E-state index in [1.54, 1.807) is 0 Å². The highest BCUT2D eigenvalue weighted by molar-refractivity contribution is 9.09. The molecular weight excluding hydrogens is 310 g/mol. The van der Waals surface area contributed by atoms with Gasteiger partial charge in [-0.05, 0) is 37.5 Å². The summed E-state index contributed by atoms with van der Waals surface area (Å²) in [6, 6.07) is 5.87. The van der Waals surface area contributed by atoms with Crippen molar-refractivity contribution in [1.29, 1.82) is 0 Å². The van der Waals surface area contributed by atoms with E-state index >= 15 is 0 Å². The highest BCUT2D eigenvalue weighted by atomic mass is 79.9. The summed E-state index contributed by atoms with van der Waals surface area (Å²) >= 11 is 3.73. The molecule has 0 spiro atoms. The van der Waals surface area contributed by atoms with Gasteiger partial charge in [0, 0.05) is 6.61 Å². The Morgan fingerprint density at radius 3 is 3.05 bits per heavy atom. The fourth-order valence-electron chi connectivity index (χ4n) is 2.61. The topological polar surface area (TPSA) is 47.6 Å². The number of benzene rings is 1. The third-order valence-corrected chi connectivity index (χ3v) is 5.21. The van der Waals surface area contributed by atoms with Gasteiger partial charge in [-0.15, -0.1) is 0 Å². The molecule has 0 aliphatic carbocycles. The minimum Gasteiger partial charge on any atom is -0.482 e. The van der Waals surface area contributed by atoms with Crippen molar-refractivity contribution in [2.45, 2.75) is 30.2 Å². The van der Waals surface area contributed by atoms with E-state index in [-0.39, 0.29) is 22.9 Å². The molecule has 0 bridgehead atoms. The van der Waals surface area contributed by atoms with Gasteiger partial charge in [0.2, 0.25) is 0 Å². The second-order valence-corrected chi connectivity index (χ2v) is 6.14. The summed E-state index contributed by atoms with van der Waals surface area (Å²) in [6.07, 6.45) is 2.12. The molecule has 5 heteroatoms. The molecule has 1 amide bonds. The summed E-state index contributed by atoms with van der Waals surface area (Å²) < 4.78 is 11.2. The Kier molecular flexibility index (Phi) is 3.27. The Balaban J connectivity index is 1.89. The van der Waals surface area contributed by atoms with E-state index in [2.05, 4.69) is 28.2 Å². The van der Waals surface area contributed by atoms with Crippen LogP contribution in [0.1, 0.15) is 30.2 Å². The monoisotopic (exact) mass is 325 g/mol. The van der Waals surface area contributed by atoms with Crippen LogP contribution in [0, 0.1) is 0 Å². The van der Waals surface area contributed by atoms with Gasteiger partial charge in [0.1, 0.15) is 5.75 Å². The van der Waals surface area contributed by atoms with E-state index in [9.17, 15) is 4.79 Å². The van der Waals surface area contributed by atoms with Crippen LogP contribution >= 0.6 is 15.9 Å². The third kappa shape index (κ3) is 2.37. The van der Waals surface area contributed by atoms with Crippen molar-refractivity contribution < 1.29 is 14.3 Å². The van der Waals surface area contributed by atoms with E-state index in [1.807, 2.05) is 18.2 Å². The summed E-state index contributed by atoms with van der Waals surface area (Å²) in [5, 5.41) is 2.83. The molecule has 0 saturated carbocycles. The van der Waals surface area contributed by atoms with Crippen molar-refractivity contribution in [2.75, 3.05) is 18.5 Å². The molecule has 1 saturated heterocycles. The number of anilines is 1. The highest BCUT2D eigenvalue weighted by Gasteiger charge is 2.38. The Hall–Kier alpha value is -1.07. The van der Waals surface area contributed by atoms with E-state index in [0.717, 1.165) is 36.4 Å². The molecule has 1 N–H and O–H groups in total. The van der Waals surface area contributed by atoms with Crippen LogP contribution in [-0.4, -0.2) is 24.7 Å². The predicted octanol–water partition coefficient (Wildman–Crippen LogP) is 3.02. The lowest BCUT2D eigenvalue weighted by Crippen LogP contribution is -2.29. The quantitative estimate of drug-likeness (QED) is 0.850. The van der Waals surface area contributed by atoms with E-state index < -0.39 is 0 Å². The van der Waals surface area contributed by atoms with Crippen LogP contribution in [0.15, 0.2) is 18.2 Å². The predicted molar refractivity (Wildman–Crippen MR) is 75.8 cm³/mol. The lowest BCUT2D eigenvalue weighted by atomic mass is 9.93. The van der Waals surface area contributed by atoms with Crippen LogP contribution < -0.4 is 10.1 Å². The molecule has 2 atom stereocenters. The minimum atomic E-state index is -0.187. The number of carbonyl (C=O) groups excluding carboxylic acids is 1. The van der Waals surface area contributed by atoms with Crippen LogP contribution in [0.25, 0.3) is 0 Å². The van der Waals surface area contributed by atoms with Crippen LogP contribution in [0.5, 0.6) is 5.75 Å². The van der Waals surface area contributed by atoms with Crippen molar-refractivity contribution >= 4 is 27.5 Å². The molecule has 2 heterocycles. The zero-order valence-electron chi connectivity index (χ0n) is 10.7.